The van der Waals surface area contributed by atoms with Crippen molar-refractivity contribution >= 4 is 29.3 Å². The number of carbonyl (C=O) groups is 2. The van der Waals surface area contributed by atoms with Crippen molar-refractivity contribution in [1.82, 2.24) is 14.3 Å². The maximum absolute atomic E-state index is 12.4. The van der Waals surface area contributed by atoms with Gasteiger partial charge in [0.15, 0.2) is 0 Å². The fraction of sp³-hybridized carbons (Fsp3) is 0.231. The van der Waals surface area contributed by atoms with Gasteiger partial charge in [-0.05, 0) is 12.1 Å². The molecular weight excluding hydrogens is 294 g/mol. The Kier molecular flexibility index (Phi) is 3.38. The number of carboxylic acid groups (broad SMARTS) is 1. The second-order valence-corrected chi connectivity index (χ2v) is 5.53. The van der Waals surface area contributed by atoms with Gasteiger partial charge < -0.3 is 10.0 Å². The molecule has 2 aromatic rings. The number of hydrogen-bond donors (Lipinski definition) is 1. The van der Waals surface area contributed by atoms with Crippen LogP contribution >= 0.6 is 11.8 Å². The summed E-state index contributed by atoms with van der Waals surface area (Å²) in [6.07, 6.45) is 2.73. The maximum atomic E-state index is 12.4. The largest absolute Gasteiger partial charge is 0.480 e. The Labute approximate surface area is 123 Å². The van der Waals surface area contributed by atoms with E-state index in [4.69, 9.17) is 5.11 Å². The number of carboxylic acids is 1. The molecular formula is C13H11N3O4S. The fourth-order valence-corrected chi connectivity index (χ4v) is 3.32. The highest BCUT2D eigenvalue weighted by atomic mass is 32.2. The van der Waals surface area contributed by atoms with Crippen molar-refractivity contribution in [2.75, 3.05) is 11.6 Å². The van der Waals surface area contributed by atoms with E-state index < -0.39 is 23.5 Å². The minimum Gasteiger partial charge on any atom is -0.480 e. The number of fused-ring (bicyclic) bond motifs is 1. The number of hydrogen-bond acceptors (Lipinski definition) is 5. The molecule has 1 aliphatic heterocycles. The van der Waals surface area contributed by atoms with Gasteiger partial charge in [-0.1, -0.05) is 6.07 Å². The second-order valence-electron chi connectivity index (χ2n) is 4.53. The van der Waals surface area contributed by atoms with Crippen LogP contribution in [0.5, 0.6) is 0 Å². The van der Waals surface area contributed by atoms with Crippen LogP contribution in [-0.4, -0.2) is 48.9 Å². The van der Waals surface area contributed by atoms with Gasteiger partial charge in [-0.2, -0.15) is 0 Å². The lowest BCUT2D eigenvalue weighted by molar-refractivity contribution is -0.140. The van der Waals surface area contributed by atoms with Gasteiger partial charge in [-0.25, -0.2) is 9.78 Å². The van der Waals surface area contributed by atoms with Crippen LogP contribution in [0.15, 0.2) is 35.4 Å². The summed E-state index contributed by atoms with van der Waals surface area (Å²) in [6.45, 7) is 0. The van der Waals surface area contributed by atoms with E-state index >= 15 is 0 Å². The van der Waals surface area contributed by atoms with E-state index in [0.29, 0.717) is 11.4 Å². The third-order valence-corrected chi connectivity index (χ3v) is 4.28. The van der Waals surface area contributed by atoms with Crippen LogP contribution in [0.4, 0.5) is 0 Å². The lowest BCUT2D eigenvalue weighted by Crippen LogP contribution is -2.43. The highest BCUT2D eigenvalue weighted by Gasteiger charge is 2.36. The van der Waals surface area contributed by atoms with Crippen LogP contribution in [0.3, 0.4) is 0 Å². The number of thioether (sulfide) groups is 1. The van der Waals surface area contributed by atoms with E-state index in [-0.39, 0.29) is 11.4 Å². The SMILES string of the molecule is O=C(O)C1CSCN1C(=O)c1cnc2ccccn2c1=O. The molecule has 1 aliphatic rings. The van der Waals surface area contributed by atoms with Crippen molar-refractivity contribution in [3.63, 3.8) is 0 Å². The zero-order valence-corrected chi connectivity index (χ0v) is 11.6. The van der Waals surface area contributed by atoms with E-state index in [1.165, 1.54) is 33.5 Å². The summed E-state index contributed by atoms with van der Waals surface area (Å²) in [5.41, 5.74) is -0.177. The molecule has 1 fully saturated rings. The molecule has 1 unspecified atom stereocenters. The van der Waals surface area contributed by atoms with Crippen molar-refractivity contribution in [2.24, 2.45) is 0 Å². The number of nitrogens with zero attached hydrogens (tertiary/aromatic N) is 3. The van der Waals surface area contributed by atoms with E-state index in [1.54, 1.807) is 18.2 Å². The van der Waals surface area contributed by atoms with E-state index in [1.807, 2.05) is 0 Å². The van der Waals surface area contributed by atoms with Crippen molar-refractivity contribution in [2.45, 2.75) is 6.04 Å². The molecule has 8 heteroatoms. The van der Waals surface area contributed by atoms with Gasteiger partial charge in [0, 0.05) is 18.1 Å². The summed E-state index contributed by atoms with van der Waals surface area (Å²) < 4.78 is 1.27. The van der Waals surface area contributed by atoms with E-state index in [2.05, 4.69) is 4.98 Å². The first-order valence-electron chi connectivity index (χ1n) is 6.17. The van der Waals surface area contributed by atoms with E-state index in [9.17, 15) is 14.4 Å². The van der Waals surface area contributed by atoms with Gasteiger partial charge in [-0.15, -0.1) is 11.8 Å². The Morgan fingerprint density at radius 2 is 2.19 bits per heavy atom. The Balaban J connectivity index is 2.04. The molecule has 0 bridgehead atoms. The van der Waals surface area contributed by atoms with Crippen molar-refractivity contribution < 1.29 is 14.7 Å². The smallest absolute Gasteiger partial charge is 0.327 e. The molecule has 0 spiro atoms. The Bertz CT molecular complexity index is 788. The minimum atomic E-state index is -1.07. The summed E-state index contributed by atoms with van der Waals surface area (Å²) >= 11 is 1.35. The zero-order chi connectivity index (χ0) is 15.0. The molecule has 3 rings (SSSR count). The Morgan fingerprint density at radius 3 is 2.95 bits per heavy atom. The molecule has 21 heavy (non-hydrogen) atoms. The second kappa shape index (κ2) is 5.21. The predicted octanol–water partition coefficient (Wildman–Crippen LogP) is 0.294. The molecule has 0 radical (unpaired) electrons. The highest BCUT2D eigenvalue weighted by Crippen LogP contribution is 2.22. The first-order chi connectivity index (χ1) is 10.1. The normalized spacial score (nSPS) is 18.1. The summed E-state index contributed by atoms with van der Waals surface area (Å²) in [7, 11) is 0. The molecule has 7 nitrogen and oxygen atoms in total. The summed E-state index contributed by atoms with van der Waals surface area (Å²) in [6, 6.07) is 4.15. The van der Waals surface area contributed by atoms with Gasteiger partial charge in [0.1, 0.15) is 17.3 Å². The van der Waals surface area contributed by atoms with E-state index in [0.717, 1.165) is 0 Å². The number of amides is 1. The van der Waals surface area contributed by atoms with Crippen molar-refractivity contribution in [3.8, 4) is 0 Å². The van der Waals surface area contributed by atoms with Crippen molar-refractivity contribution in [1.29, 1.82) is 0 Å². The third kappa shape index (κ3) is 2.27. The quantitative estimate of drug-likeness (QED) is 0.857. The number of aliphatic carboxylic acids is 1. The van der Waals surface area contributed by atoms with Crippen LogP contribution in [0.2, 0.25) is 0 Å². The molecule has 2 aromatic heterocycles. The average Bonchev–Trinajstić information content (AvgIpc) is 2.97. The zero-order valence-electron chi connectivity index (χ0n) is 10.8. The van der Waals surface area contributed by atoms with Crippen LogP contribution in [0.25, 0.3) is 5.65 Å². The lowest BCUT2D eigenvalue weighted by atomic mass is 10.2. The lowest BCUT2D eigenvalue weighted by Gasteiger charge is -2.20. The molecule has 3 heterocycles. The molecule has 1 atom stereocenters. The first kappa shape index (κ1) is 13.6. The van der Waals surface area contributed by atoms with Gasteiger partial charge in [0.05, 0.1) is 5.88 Å². The fourth-order valence-electron chi connectivity index (χ4n) is 2.18. The number of aromatic nitrogens is 2. The summed E-state index contributed by atoms with van der Waals surface area (Å²) in [4.78, 5) is 41.1. The van der Waals surface area contributed by atoms with Gasteiger partial charge in [-0.3, -0.25) is 14.0 Å². The van der Waals surface area contributed by atoms with Crippen molar-refractivity contribution in [3.05, 3.63) is 46.5 Å². The topological polar surface area (TPSA) is 92.0 Å². The maximum Gasteiger partial charge on any atom is 0.327 e. The molecule has 0 aromatic carbocycles. The summed E-state index contributed by atoms with van der Waals surface area (Å²) in [5, 5.41) is 9.11. The Morgan fingerprint density at radius 1 is 1.38 bits per heavy atom. The van der Waals surface area contributed by atoms with Gasteiger partial charge >= 0.3 is 5.97 Å². The van der Waals surface area contributed by atoms with Gasteiger partial charge in [0.2, 0.25) is 0 Å². The standard InChI is InChI=1S/C13H11N3O4S/c17-11-8(5-14-10-3-1-2-4-15(10)11)12(18)16-7-21-6-9(16)13(19)20/h1-5,9H,6-7H2,(H,19,20). The van der Waals surface area contributed by atoms with Gasteiger partial charge in [0.25, 0.3) is 11.5 Å². The first-order valence-corrected chi connectivity index (χ1v) is 7.33. The Hall–Kier alpha value is -2.35. The molecule has 108 valence electrons. The monoisotopic (exact) mass is 305 g/mol. The number of pyridine rings is 1. The molecule has 0 aliphatic carbocycles. The summed E-state index contributed by atoms with van der Waals surface area (Å²) in [5.74, 6) is -1.08. The van der Waals surface area contributed by atoms with Crippen LogP contribution in [-0.2, 0) is 4.79 Å². The highest BCUT2D eigenvalue weighted by molar-refractivity contribution is 7.99. The molecule has 1 N–H and O–H groups in total. The average molecular weight is 305 g/mol. The predicted molar refractivity (Wildman–Crippen MR) is 76.4 cm³/mol. The van der Waals surface area contributed by atoms with Crippen LogP contribution in [0, 0.1) is 0 Å². The molecule has 1 saturated heterocycles. The number of rotatable bonds is 2. The minimum absolute atomic E-state index is 0.118. The van der Waals surface area contributed by atoms with Crippen LogP contribution in [0.1, 0.15) is 10.4 Å². The van der Waals surface area contributed by atoms with Crippen LogP contribution < -0.4 is 5.56 Å². The molecule has 0 saturated carbocycles. The number of carbonyl (C=O) groups excluding carboxylic acids is 1. The third-order valence-electron chi connectivity index (χ3n) is 3.27. The molecule has 1 amide bonds.